The highest BCUT2D eigenvalue weighted by Gasteiger charge is 2.31. The number of amides is 1. The molecule has 0 radical (unpaired) electrons. The van der Waals surface area contributed by atoms with Gasteiger partial charge < -0.3 is 4.90 Å². The van der Waals surface area contributed by atoms with Crippen LogP contribution in [0.2, 0.25) is 0 Å². The largest absolute Gasteiger partial charge is 0.416 e. The fraction of sp³-hybridized carbons (Fsp3) is 0.161. The molecule has 3 aromatic carbocycles. The molecule has 0 saturated heterocycles. The summed E-state index contributed by atoms with van der Waals surface area (Å²) in [6.45, 7) is 1.82. The first-order valence-corrected chi connectivity index (χ1v) is 12.7. The van der Waals surface area contributed by atoms with Crippen molar-refractivity contribution < 1.29 is 22.4 Å². The van der Waals surface area contributed by atoms with Crippen LogP contribution in [0.4, 0.5) is 17.6 Å². The fourth-order valence-corrected chi connectivity index (χ4v) is 4.63. The second-order valence-corrected chi connectivity index (χ2v) is 9.53. The highest BCUT2D eigenvalue weighted by Crippen LogP contribution is 2.30. The minimum atomic E-state index is -4.49. The van der Waals surface area contributed by atoms with Gasteiger partial charge in [0.15, 0.2) is 0 Å². The number of pyridine rings is 1. The molecule has 0 aliphatic carbocycles. The monoisotopic (exact) mass is 596 g/mol. The number of carbonyl (C=O) groups excluding carboxylic acids is 1. The zero-order valence-electron chi connectivity index (χ0n) is 22.3. The van der Waals surface area contributed by atoms with Crippen LogP contribution < -0.4 is 5.56 Å². The molecule has 0 N–H and O–H groups in total. The summed E-state index contributed by atoms with van der Waals surface area (Å²) >= 11 is 0. The number of nitrogens with zero attached hydrogens (tertiary/aromatic N) is 4. The van der Waals surface area contributed by atoms with Gasteiger partial charge in [0.25, 0.3) is 5.56 Å². The Labute approximate surface area is 244 Å². The number of rotatable bonds is 7. The molecule has 11 heteroatoms. The number of alkyl halides is 3. The molecule has 2 heterocycles. The van der Waals surface area contributed by atoms with Gasteiger partial charge in [-0.15, -0.1) is 12.4 Å². The van der Waals surface area contributed by atoms with Crippen LogP contribution in [0.15, 0.2) is 102 Å². The molecule has 0 bridgehead atoms. The predicted octanol–water partition coefficient (Wildman–Crippen LogP) is 6.69. The Morgan fingerprint density at radius 1 is 0.929 bits per heavy atom. The summed E-state index contributed by atoms with van der Waals surface area (Å²) in [7, 11) is 0. The van der Waals surface area contributed by atoms with Crippen LogP contribution in [0.3, 0.4) is 0 Å². The minimum absolute atomic E-state index is 0. The molecular formula is C31H25ClF4N4O2. The van der Waals surface area contributed by atoms with E-state index >= 15 is 0 Å². The molecule has 42 heavy (non-hydrogen) atoms. The number of fused-ring (bicyclic) bond motifs is 1. The van der Waals surface area contributed by atoms with E-state index in [4.69, 9.17) is 4.98 Å². The van der Waals surface area contributed by atoms with Crippen molar-refractivity contribution in [2.45, 2.75) is 32.1 Å². The summed E-state index contributed by atoms with van der Waals surface area (Å²) in [4.78, 5) is 37.9. The maximum Gasteiger partial charge on any atom is 0.416 e. The second-order valence-electron chi connectivity index (χ2n) is 9.53. The third-order valence-electron chi connectivity index (χ3n) is 6.76. The zero-order chi connectivity index (χ0) is 29.1. The second kappa shape index (κ2) is 12.5. The lowest BCUT2D eigenvalue weighted by molar-refractivity contribution is -0.137. The third-order valence-corrected chi connectivity index (χ3v) is 6.76. The number of para-hydroxylation sites is 1. The topological polar surface area (TPSA) is 68.1 Å². The van der Waals surface area contributed by atoms with Crippen LogP contribution in [0.25, 0.3) is 16.6 Å². The first-order chi connectivity index (χ1) is 19.6. The maximum absolute atomic E-state index is 13.8. The molecule has 0 fully saturated rings. The third kappa shape index (κ3) is 6.49. The van der Waals surface area contributed by atoms with Crippen molar-refractivity contribution in [3.05, 3.63) is 136 Å². The molecule has 0 saturated carbocycles. The number of benzene rings is 3. The van der Waals surface area contributed by atoms with Crippen molar-refractivity contribution in [3.63, 3.8) is 0 Å². The summed E-state index contributed by atoms with van der Waals surface area (Å²) in [6.07, 6.45) is -1.48. The summed E-state index contributed by atoms with van der Waals surface area (Å²) < 4.78 is 54.3. The van der Waals surface area contributed by atoms with Gasteiger partial charge in [0.2, 0.25) is 5.91 Å². The van der Waals surface area contributed by atoms with Gasteiger partial charge in [-0.3, -0.25) is 19.1 Å². The van der Waals surface area contributed by atoms with Gasteiger partial charge in [0.05, 0.1) is 34.6 Å². The number of carbonyl (C=O) groups is 1. The van der Waals surface area contributed by atoms with E-state index in [2.05, 4.69) is 4.98 Å². The molecular weight excluding hydrogens is 572 g/mol. The van der Waals surface area contributed by atoms with E-state index < -0.39 is 29.5 Å². The summed E-state index contributed by atoms with van der Waals surface area (Å²) in [6, 6.07) is 19.3. The molecule has 0 aliphatic heterocycles. The van der Waals surface area contributed by atoms with E-state index in [0.29, 0.717) is 27.7 Å². The highest BCUT2D eigenvalue weighted by molar-refractivity contribution is 5.85. The normalized spacial score (nSPS) is 12.0. The minimum Gasteiger partial charge on any atom is -0.328 e. The smallest absolute Gasteiger partial charge is 0.328 e. The maximum atomic E-state index is 13.8. The van der Waals surface area contributed by atoms with Crippen molar-refractivity contribution in [1.82, 2.24) is 19.4 Å². The van der Waals surface area contributed by atoms with Crippen LogP contribution in [-0.2, 0) is 23.9 Å². The Morgan fingerprint density at radius 2 is 1.62 bits per heavy atom. The molecule has 0 unspecified atom stereocenters. The first-order valence-electron chi connectivity index (χ1n) is 12.7. The van der Waals surface area contributed by atoms with Crippen molar-refractivity contribution in [2.24, 2.45) is 0 Å². The summed E-state index contributed by atoms with van der Waals surface area (Å²) in [5.74, 6) is -0.630. The van der Waals surface area contributed by atoms with Gasteiger partial charge in [-0.2, -0.15) is 13.2 Å². The van der Waals surface area contributed by atoms with Gasteiger partial charge in [-0.1, -0.05) is 30.3 Å². The van der Waals surface area contributed by atoms with Crippen LogP contribution in [0, 0.1) is 5.82 Å². The van der Waals surface area contributed by atoms with Crippen molar-refractivity contribution in [2.75, 3.05) is 0 Å². The lowest BCUT2D eigenvalue weighted by Crippen LogP contribution is -2.38. The van der Waals surface area contributed by atoms with E-state index in [1.165, 1.54) is 45.9 Å². The Hall–Kier alpha value is -4.57. The Morgan fingerprint density at radius 3 is 2.26 bits per heavy atom. The Kier molecular flexibility index (Phi) is 9.06. The van der Waals surface area contributed by atoms with Gasteiger partial charge in [-0.25, -0.2) is 9.37 Å². The van der Waals surface area contributed by atoms with Gasteiger partial charge >= 0.3 is 6.18 Å². The quantitative estimate of drug-likeness (QED) is 0.196. The fourth-order valence-electron chi connectivity index (χ4n) is 4.63. The Balaban J connectivity index is 0.00000405. The average Bonchev–Trinajstić information content (AvgIpc) is 2.96. The van der Waals surface area contributed by atoms with Crippen molar-refractivity contribution >= 4 is 29.2 Å². The zero-order valence-corrected chi connectivity index (χ0v) is 23.1. The van der Waals surface area contributed by atoms with Crippen LogP contribution in [-0.4, -0.2) is 25.3 Å². The first kappa shape index (κ1) is 30.4. The predicted molar refractivity (Wildman–Crippen MR) is 153 cm³/mol. The van der Waals surface area contributed by atoms with Gasteiger partial charge in [-0.05, 0) is 72.6 Å². The van der Waals surface area contributed by atoms with E-state index in [-0.39, 0.29) is 36.8 Å². The van der Waals surface area contributed by atoms with Crippen LogP contribution in [0.1, 0.15) is 35.5 Å². The average molecular weight is 597 g/mol. The number of hydrogen-bond donors (Lipinski definition) is 0. The van der Waals surface area contributed by atoms with E-state index in [9.17, 15) is 27.2 Å². The Bertz CT molecular complexity index is 1740. The molecule has 1 atom stereocenters. The molecule has 1 amide bonds. The molecule has 2 aromatic heterocycles. The molecule has 6 nitrogen and oxygen atoms in total. The van der Waals surface area contributed by atoms with Crippen LogP contribution >= 0.6 is 12.4 Å². The standard InChI is InChI=1S/C31H24F4N4O2.ClH/c1-20(29-37-27-7-3-2-6-26(27)30(41)39(29)25-14-12-24(32)13-15-25)38(19-22-5-4-16-36-18-22)28(40)17-21-8-10-23(11-9-21)31(33,34)35;/h2-16,18,20H,17,19H2,1H3;1H/t20-;/m1./s1. The van der Waals surface area contributed by atoms with E-state index in [1.54, 1.807) is 55.7 Å². The van der Waals surface area contributed by atoms with Crippen molar-refractivity contribution in [3.8, 4) is 5.69 Å². The molecule has 0 spiro atoms. The SMILES string of the molecule is C[C@H](c1nc2ccccc2c(=O)n1-c1ccc(F)cc1)N(Cc1cccnc1)C(=O)Cc1ccc(C(F)(F)F)cc1.Cl. The number of aromatic nitrogens is 3. The molecule has 5 aromatic rings. The van der Waals surface area contributed by atoms with E-state index in [0.717, 1.165) is 12.1 Å². The summed E-state index contributed by atoms with van der Waals surface area (Å²) in [5.41, 5.74) is 0.700. The molecule has 0 aliphatic rings. The number of hydrogen-bond acceptors (Lipinski definition) is 4. The van der Waals surface area contributed by atoms with Crippen molar-refractivity contribution in [1.29, 1.82) is 0 Å². The van der Waals surface area contributed by atoms with Gasteiger partial charge in [0, 0.05) is 18.9 Å². The lowest BCUT2D eigenvalue weighted by Gasteiger charge is -2.31. The lowest BCUT2D eigenvalue weighted by atomic mass is 10.1. The highest BCUT2D eigenvalue weighted by atomic mass is 35.5. The van der Waals surface area contributed by atoms with E-state index in [1.807, 2.05) is 0 Å². The number of halogens is 5. The molecule has 5 rings (SSSR count). The summed E-state index contributed by atoms with van der Waals surface area (Å²) in [5, 5.41) is 0.350. The van der Waals surface area contributed by atoms with Crippen LogP contribution in [0.5, 0.6) is 0 Å². The van der Waals surface area contributed by atoms with Gasteiger partial charge in [0.1, 0.15) is 11.6 Å². The molecule has 216 valence electrons.